The summed E-state index contributed by atoms with van der Waals surface area (Å²) in [5.74, 6) is 0. The second kappa shape index (κ2) is 8.56. The third-order valence-electron chi connectivity index (χ3n) is 5.73. The van der Waals surface area contributed by atoms with E-state index in [2.05, 4.69) is 56.0 Å². The van der Waals surface area contributed by atoms with Crippen molar-refractivity contribution in [2.75, 3.05) is 0 Å². The first-order valence-electron chi connectivity index (χ1n) is 9.73. The number of aryl methyl sites for hydroxylation is 3. The summed E-state index contributed by atoms with van der Waals surface area (Å²) in [4.78, 5) is 2.64. The highest BCUT2D eigenvalue weighted by molar-refractivity contribution is 6.30. The molecular formula is C23H31ClN2. The van der Waals surface area contributed by atoms with Gasteiger partial charge in [0.15, 0.2) is 0 Å². The Morgan fingerprint density at radius 2 is 1.62 bits per heavy atom. The van der Waals surface area contributed by atoms with E-state index in [1.807, 2.05) is 6.07 Å². The summed E-state index contributed by atoms with van der Waals surface area (Å²) >= 11 is 6.23. The summed E-state index contributed by atoms with van der Waals surface area (Å²) in [6.45, 7) is 8.58. The molecular weight excluding hydrogens is 340 g/mol. The number of hydrogen-bond donors (Lipinski definition) is 1. The summed E-state index contributed by atoms with van der Waals surface area (Å²) in [5.41, 5.74) is 13.0. The summed E-state index contributed by atoms with van der Waals surface area (Å²) < 4.78 is 0. The van der Waals surface area contributed by atoms with Crippen LogP contribution in [0.1, 0.15) is 53.5 Å². The smallest absolute Gasteiger partial charge is 0.0409 e. The Labute approximate surface area is 163 Å². The number of rotatable bonds is 5. The van der Waals surface area contributed by atoms with Gasteiger partial charge in [-0.2, -0.15) is 0 Å². The minimum Gasteiger partial charge on any atom is -0.328 e. The molecule has 2 nitrogen and oxygen atoms in total. The van der Waals surface area contributed by atoms with E-state index in [-0.39, 0.29) is 0 Å². The fraction of sp³-hybridized carbons (Fsp3) is 0.478. The van der Waals surface area contributed by atoms with Gasteiger partial charge in [0.25, 0.3) is 0 Å². The Morgan fingerprint density at radius 3 is 2.23 bits per heavy atom. The van der Waals surface area contributed by atoms with E-state index in [1.165, 1.54) is 40.7 Å². The quantitative estimate of drug-likeness (QED) is 0.748. The van der Waals surface area contributed by atoms with Crippen molar-refractivity contribution in [1.82, 2.24) is 4.90 Å². The zero-order valence-electron chi connectivity index (χ0n) is 16.3. The van der Waals surface area contributed by atoms with Crippen LogP contribution in [0.4, 0.5) is 0 Å². The summed E-state index contributed by atoms with van der Waals surface area (Å²) in [5, 5.41) is 0.816. The maximum atomic E-state index is 6.23. The first-order chi connectivity index (χ1) is 12.4. The van der Waals surface area contributed by atoms with Crippen molar-refractivity contribution in [2.45, 2.75) is 71.6 Å². The summed E-state index contributed by atoms with van der Waals surface area (Å²) in [6.07, 6.45) is 4.63. The first kappa shape index (κ1) is 19.4. The highest BCUT2D eigenvalue weighted by atomic mass is 35.5. The molecule has 0 atom stereocenters. The molecule has 3 rings (SSSR count). The van der Waals surface area contributed by atoms with Crippen LogP contribution in [-0.4, -0.2) is 17.0 Å². The first-order valence-corrected chi connectivity index (χ1v) is 10.1. The molecule has 1 fully saturated rings. The number of hydrogen-bond acceptors (Lipinski definition) is 2. The van der Waals surface area contributed by atoms with Gasteiger partial charge in [-0.1, -0.05) is 41.4 Å². The standard InChI is InChI=1S/C23H31ClN2/c1-16-11-17(2)23(18(3)12-16)15-26(22-9-7-21(25)8-10-22)14-19-5-4-6-20(24)13-19/h4-6,11-13,21-22H,7-10,14-15,25H2,1-3H3. The largest absolute Gasteiger partial charge is 0.328 e. The van der Waals surface area contributed by atoms with Gasteiger partial charge in [0.1, 0.15) is 0 Å². The van der Waals surface area contributed by atoms with Crippen LogP contribution in [0.2, 0.25) is 5.02 Å². The van der Waals surface area contributed by atoms with Gasteiger partial charge in [-0.15, -0.1) is 0 Å². The van der Waals surface area contributed by atoms with Crippen LogP contribution in [0.5, 0.6) is 0 Å². The van der Waals surface area contributed by atoms with Crippen molar-refractivity contribution in [2.24, 2.45) is 5.73 Å². The van der Waals surface area contributed by atoms with Crippen LogP contribution in [0.15, 0.2) is 36.4 Å². The topological polar surface area (TPSA) is 29.3 Å². The van der Waals surface area contributed by atoms with E-state index < -0.39 is 0 Å². The fourth-order valence-electron chi connectivity index (χ4n) is 4.31. The number of halogens is 1. The zero-order chi connectivity index (χ0) is 18.7. The van der Waals surface area contributed by atoms with Crippen molar-refractivity contribution in [3.8, 4) is 0 Å². The molecule has 1 aliphatic carbocycles. The average molecular weight is 371 g/mol. The molecule has 0 amide bonds. The van der Waals surface area contributed by atoms with Crippen molar-refractivity contribution in [3.63, 3.8) is 0 Å². The molecule has 0 aliphatic heterocycles. The van der Waals surface area contributed by atoms with Gasteiger partial charge >= 0.3 is 0 Å². The predicted octanol–water partition coefficient (Wildman–Crippen LogP) is 5.54. The van der Waals surface area contributed by atoms with E-state index in [0.717, 1.165) is 31.0 Å². The molecule has 0 saturated heterocycles. The van der Waals surface area contributed by atoms with Gasteiger partial charge in [-0.25, -0.2) is 0 Å². The third-order valence-corrected chi connectivity index (χ3v) is 5.97. The molecule has 0 radical (unpaired) electrons. The predicted molar refractivity (Wildman–Crippen MR) is 112 cm³/mol. The lowest BCUT2D eigenvalue weighted by Crippen LogP contribution is -2.40. The Balaban J connectivity index is 1.85. The second-order valence-corrected chi connectivity index (χ2v) is 8.42. The molecule has 1 saturated carbocycles. The summed E-state index contributed by atoms with van der Waals surface area (Å²) in [7, 11) is 0. The molecule has 0 bridgehead atoms. The number of nitrogens with zero attached hydrogens (tertiary/aromatic N) is 1. The van der Waals surface area contributed by atoms with Gasteiger partial charge in [0.05, 0.1) is 0 Å². The maximum absolute atomic E-state index is 6.23. The van der Waals surface area contributed by atoms with E-state index in [0.29, 0.717) is 12.1 Å². The zero-order valence-corrected chi connectivity index (χ0v) is 17.0. The van der Waals surface area contributed by atoms with E-state index in [1.54, 1.807) is 0 Å². The molecule has 2 N–H and O–H groups in total. The van der Waals surface area contributed by atoms with E-state index in [9.17, 15) is 0 Å². The van der Waals surface area contributed by atoms with Crippen molar-refractivity contribution < 1.29 is 0 Å². The van der Waals surface area contributed by atoms with Gasteiger partial charge in [-0.3, -0.25) is 4.90 Å². The Hall–Kier alpha value is -1.35. The minimum atomic E-state index is 0.377. The fourth-order valence-corrected chi connectivity index (χ4v) is 4.53. The molecule has 26 heavy (non-hydrogen) atoms. The van der Waals surface area contributed by atoms with Crippen molar-refractivity contribution >= 4 is 11.6 Å². The second-order valence-electron chi connectivity index (χ2n) is 7.98. The lowest BCUT2D eigenvalue weighted by molar-refractivity contribution is 0.133. The van der Waals surface area contributed by atoms with Crippen LogP contribution in [0.25, 0.3) is 0 Å². The van der Waals surface area contributed by atoms with Crippen molar-refractivity contribution in [1.29, 1.82) is 0 Å². The van der Waals surface area contributed by atoms with Crippen LogP contribution >= 0.6 is 11.6 Å². The average Bonchev–Trinajstić information content (AvgIpc) is 2.58. The molecule has 0 spiro atoms. The Bertz CT molecular complexity index is 725. The van der Waals surface area contributed by atoms with Crippen LogP contribution in [0, 0.1) is 20.8 Å². The monoisotopic (exact) mass is 370 g/mol. The molecule has 0 unspecified atom stereocenters. The van der Waals surface area contributed by atoms with E-state index >= 15 is 0 Å². The SMILES string of the molecule is Cc1cc(C)c(CN(Cc2cccc(Cl)c2)C2CCC(N)CC2)c(C)c1. The van der Waals surface area contributed by atoms with Crippen LogP contribution in [0.3, 0.4) is 0 Å². The molecule has 0 heterocycles. The van der Waals surface area contributed by atoms with E-state index in [4.69, 9.17) is 17.3 Å². The number of nitrogens with two attached hydrogens (primary N) is 1. The molecule has 0 aromatic heterocycles. The van der Waals surface area contributed by atoms with Crippen LogP contribution < -0.4 is 5.73 Å². The Morgan fingerprint density at radius 1 is 0.962 bits per heavy atom. The highest BCUT2D eigenvalue weighted by Gasteiger charge is 2.25. The van der Waals surface area contributed by atoms with Crippen molar-refractivity contribution in [3.05, 3.63) is 69.2 Å². The van der Waals surface area contributed by atoms with Gasteiger partial charge in [0, 0.05) is 30.2 Å². The molecule has 2 aromatic carbocycles. The highest BCUT2D eigenvalue weighted by Crippen LogP contribution is 2.28. The molecule has 3 heteroatoms. The lowest BCUT2D eigenvalue weighted by atomic mass is 9.89. The van der Waals surface area contributed by atoms with Gasteiger partial charge in [0.2, 0.25) is 0 Å². The van der Waals surface area contributed by atoms with Crippen LogP contribution in [-0.2, 0) is 13.1 Å². The lowest BCUT2D eigenvalue weighted by Gasteiger charge is -2.37. The molecule has 2 aromatic rings. The normalized spacial score (nSPS) is 20.5. The molecule has 1 aliphatic rings. The number of benzene rings is 2. The van der Waals surface area contributed by atoms with Gasteiger partial charge in [-0.05, 0) is 80.8 Å². The molecule has 140 valence electrons. The summed E-state index contributed by atoms with van der Waals surface area (Å²) in [6, 6.07) is 13.8. The van der Waals surface area contributed by atoms with Gasteiger partial charge < -0.3 is 5.73 Å². The maximum Gasteiger partial charge on any atom is 0.0409 e. The third kappa shape index (κ3) is 4.88. The Kier molecular flexibility index (Phi) is 6.39. The minimum absolute atomic E-state index is 0.377.